The number of piperidine rings is 1. The maximum Gasteiger partial charge on any atom is 0.234 e. The van der Waals surface area contributed by atoms with E-state index in [0.29, 0.717) is 12.0 Å². The first-order chi connectivity index (χ1) is 10.1. The summed E-state index contributed by atoms with van der Waals surface area (Å²) in [6.45, 7) is 8.48. The van der Waals surface area contributed by atoms with Crippen molar-refractivity contribution in [2.24, 2.45) is 5.92 Å². The number of aliphatic hydroxyl groups excluding tert-OH is 1. The molecule has 0 bridgehead atoms. The van der Waals surface area contributed by atoms with Crippen LogP contribution in [0.25, 0.3) is 5.78 Å². The molecule has 0 saturated carbocycles. The van der Waals surface area contributed by atoms with E-state index in [2.05, 4.69) is 39.2 Å². The van der Waals surface area contributed by atoms with Crippen molar-refractivity contribution in [2.45, 2.75) is 46.2 Å². The van der Waals surface area contributed by atoms with Gasteiger partial charge in [0.15, 0.2) is 0 Å². The highest BCUT2D eigenvalue weighted by molar-refractivity contribution is 5.35. The van der Waals surface area contributed by atoms with Crippen molar-refractivity contribution >= 4 is 5.78 Å². The van der Waals surface area contributed by atoms with Gasteiger partial charge in [-0.2, -0.15) is 0 Å². The molecule has 21 heavy (non-hydrogen) atoms. The highest BCUT2D eigenvalue weighted by Gasteiger charge is 2.25. The smallest absolute Gasteiger partial charge is 0.234 e. The summed E-state index contributed by atoms with van der Waals surface area (Å²) in [6.07, 6.45) is 4.21. The van der Waals surface area contributed by atoms with Crippen molar-refractivity contribution in [3.05, 3.63) is 29.3 Å². The van der Waals surface area contributed by atoms with Gasteiger partial charge in [-0.25, -0.2) is 9.97 Å². The number of aromatic nitrogens is 3. The fraction of sp³-hybridized carbons (Fsp3) is 0.625. The van der Waals surface area contributed by atoms with Crippen molar-refractivity contribution in [1.82, 2.24) is 19.3 Å². The lowest BCUT2D eigenvalue weighted by atomic mass is 9.94. The van der Waals surface area contributed by atoms with E-state index in [-0.39, 0.29) is 6.61 Å². The second-order valence-corrected chi connectivity index (χ2v) is 6.33. The molecule has 114 valence electrons. The normalized spacial score (nSPS) is 23.8. The first-order valence-corrected chi connectivity index (χ1v) is 7.74. The molecule has 0 amide bonds. The van der Waals surface area contributed by atoms with Crippen LogP contribution in [0.5, 0.6) is 0 Å². The lowest BCUT2D eigenvalue weighted by Crippen LogP contribution is -2.42. The number of hydrogen-bond acceptors (Lipinski definition) is 4. The Bertz CT molecular complexity index is 636. The summed E-state index contributed by atoms with van der Waals surface area (Å²) in [5, 5.41) is 9.41. The van der Waals surface area contributed by atoms with Crippen molar-refractivity contribution in [2.75, 3.05) is 13.2 Å². The minimum atomic E-state index is 0.288. The molecule has 0 spiro atoms. The van der Waals surface area contributed by atoms with Crippen molar-refractivity contribution < 1.29 is 5.11 Å². The number of rotatable bonds is 3. The second-order valence-electron chi connectivity index (χ2n) is 6.33. The van der Waals surface area contributed by atoms with Crippen LogP contribution in [0.4, 0.5) is 0 Å². The molecule has 0 aromatic carbocycles. The third-order valence-electron chi connectivity index (χ3n) is 4.60. The topological polar surface area (TPSA) is 53.7 Å². The molecule has 3 heterocycles. The Balaban J connectivity index is 1.87. The van der Waals surface area contributed by atoms with Gasteiger partial charge in [0.25, 0.3) is 0 Å². The van der Waals surface area contributed by atoms with E-state index < -0.39 is 0 Å². The predicted molar refractivity (Wildman–Crippen MR) is 82.1 cm³/mol. The van der Waals surface area contributed by atoms with Gasteiger partial charge >= 0.3 is 0 Å². The molecular formula is C16H24N4O. The Morgan fingerprint density at radius 3 is 2.90 bits per heavy atom. The van der Waals surface area contributed by atoms with E-state index in [1.54, 1.807) is 0 Å². The quantitative estimate of drug-likeness (QED) is 0.938. The minimum absolute atomic E-state index is 0.288. The number of nitrogens with zero attached hydrogens (tertiary/aromatic N) is 4. The lowest BCUT2D eigenvalue weighted by molar-refractivity contribution is 0.0760. The number of fused-ring (bicyclic) bond motifs is 1. The van der Waals surface area contributed by atoms with E-state index in [9.17, 15) is 5.11 Å². The summed E-state index contributed by atoms with van der Waals surface area (Å²) in [7, 11) is 0. The molecular weight excluding hydrogens is 264 g/mol. The number of likely N-dealkylation sites (tertiary alicyclic amines) is 1. The van der Waals surface area contributed by atoms with Gasteiger partial charge in [0.2, 0.25) is 5.78 Å². The fourth-order valence-electron chi connectivity index (χ4n) is 3.35. The van der Waals surface area contributed by atoms with Crippen LogP contribution in [0.2, 0.25) is 0 Å². The molecule has 2 aromatic rings. The third kappa shape index (κ3) is 2.80. The lowest BCUT2D eigenvalue weighted by Gasteiger charge is -2.37. The predicted octanol–water partition coefficient (Wildman–Crippen LogP) is 1.94. The average molecular weight is 288 g/mol. The fourth-order valence-corrected chi connectivity index (χ4v) is 3.35. The van der Waals surface area contributed by atoms with Gasteiger partial charge in [0.1, 0.15) is 0 Å². The van der Waals surface area contributed by atoms with E-state index in [4.69, 9.17) is 0 Å². The summed E-state index contributed by atoms with van der Waals surface area (Å²) in [5.74, 6) is 1.19. The van der Waals surface area contributed by atoms with Gasteiger partial charge in [-0.15, -0.1) is 0 Å². The SMILES string of the molecule is Cc1cc(C)n2c(CN3CC(CO)CCC3C)cnc2n1. The number of hydrogen-bond donors (Lipinski definition) is 1. The van der Waals surface area contributed by atoms with Gasteiger partial charge in [0, 0.05) is 37.1 Å². The number of aliphatic hydroxyl groups is 1. The molecule has 1 N–H and O–H groups in total. The summed E-state index contributed by atoms with van der Waals surface area (Å²) in [6, 6.07) is 2.64. The molecule has 0 aliphatic carbocycles. The zero-order valence-corrected chi connectivity index (χ0v) is 13.1. The molecule has 5 heteroatoms. The maximum absolute atomic E-state index is 9.41. The summed E-state index contributed by atoms with van der Waals surface area (Å²) >= 11 is 0. The van der Waals surface area contributed by atoms with Crippen LogP contribution in [0.1, 0.15) is 36.8 Å². The molecule has 1 aliphatic heterocycles. The van der Waals surface area contributed by atoms with Crippen molar-refractivity contribution in [3.63, 3.8) is 0 Å². The zero-order valence-electron chi connectivity index (χ0n) is 13.1. The van der Waals surface area contributed by atoms with Crippen LogP contribution in [0.3, 0.4) is 0 Å². The Hall–Kier alpha value is -1.46. The van der Waals surface area contributed by atoms with Crippen molar-refractivity contribution in [3.8, 4) is 0 Å². The van der Waals surface area contributed by atoms with Gasteiger partial charge in [-0.05, 0) is 45.6 Å². The molecule has 5 nitrogen and oxygen atoms in total. The van der Waals surface area contributed by atoms with Gasteiger partial charge in [-0.1, -0.05) is 0 Å². The van der Waals surface area contributed by atoms with Gasteiger partial charge in [0.05, 0.1) is 11.9 Å². The Morgan fingerprint density at radius 1 is 1.33 bits per heavy atom. The largest absolute Gasteiger partial charge is 0.396 e. The Morgan fingerprint density at radius 2 is 2.14 bits per heavy atom. The van der Waals surface area contributed by atoms with Crippen LogP contribution in [-0.4, -0.2) is 43.6 Å². The van der Waals surface area contributed by atoms with Crippen LogP contribution in [-0.2, 0) is 6.54 Å². The van der Waals surface area contributed by atoms with E-state index in [0.717, 1.165) is 37.4 Å². The summed E-state index contributed by atoms with van der Waals surface area (Å²) in [5.41, 5.74) is 3.36. The third-order valence-corrected chi connectivity index (χ3v) is 4.60. The average Bonchev–Trinajstić information content (AvgIpc) is 2.84. The van der Waals surface area contributed by atoms with E-state index in [1.807, 2.05) is 13.1 Å². The molecule has 2 unspecified atom stereocenters. The highest BCUT2D eigenvalue weighted by Crippen LogP contribution is 2.24. The van der Waals surface area contributed by atoms with E-state index in [1.165, 1.54) is 11.4 Å². The molecule has 2 aromatic heterocycles. The van der Waals surface area contributed by atoms with Crippen LogP contribution < -0.4 is 0 Å². The summed E-state index contributed by atoms with van der Waals surface area (Å²) < 4.78 is 2.14. The van der Waals surface area contributed by atoms with Gasteiger partial charge in [-0.3, -0.25) is 9.30 Å². The molecule has 0 radical (unpaired) electrons. The molecule has 2 atom stereocenters. The number of imidazole rings is 1. The van der Waals surface area contributed by atoms with E-state index >= 15 is 0 Å². The first-order valence-electron chi connectivity index (χ1n) is 7.74. The standard InChI is InChI=1S/C16H24N4O/c1-11-6-13(3)20-15(7-17-16(20)18-11)9-19-8-14(10-21)5-4-12(19)2/h6-7,12,14,21H,4-5,8-10H2,1-3H3. The maximum atomic E-state index is 9.41. The Kier molecular flexibility index (Phi) is 3.95. The van der Waals surface area contributed by atoms with Crippen LogP contribution in [0.15, 0.2) is 12.3 Å². The molecule has 1 saturated heterocycles. The zero-order chi connectivity index (χ0) is 15.0. The monoisotopic (exact) mass is 288 g/mol. The van der Waals surface area contributed by atoms with Gasteiger partial charge < -0.3 is 5.11 Å². The number of aryl methyl sites for hydroxylation is 2. The molecule has 1 fully saturated rings. The van der Waals surface area contributed by atoms with Crippen LogP contribution in [0, 0.1) is 19.8 Å². The minimum Gasteiger partial charge on any atom is -0.396 e. The molecule has 1 aliphatic rings. The first kappa shape index (κ1) is 14.5. The second kappa shape index (κ2) is 5.73. The summed E-state index contributed by atoms with van der Waals surface area (Å²) in [4.78, 5) is 11.4. The van der Waals surface area contributed by atoms with Crippen LogP contribution >= 0.6 is 0 Å². The Labute approximate surface area is 125 Å². The molecule has 3 rings (SSSR count). The highest BCUT2D eigenvalue weighted by atomic mass is 16.3. The van der Waals surface area contributed by atoms with Crippen molar-refractivity contribution in [1.29, 1.82) is 0 Å².